The molecule has 1 aliphatic heterocycles. The fourth-order valence-corrected chi connectivity index (χ4v) is 5.03. The van der Waals surface area contributed by atoms with E-state index in [0.717, 1.165) is 24.4 Å². The molecule has 0 bridgehead atoms. The lowest BCUT2D eigenvalue weighted by Crippen LogP contribution is -2.39. The van der Waals surface area contributed by atoms with Crippen molar-refractivity contribution in [1.82, 2.24) is 19.1 Å². The minimum absolute atomic E-state index is 0.0171. The van der Waals surface area contributed by atoms with E-state index in [-0.39, 0.29) is 17.6 Å². The number of carbonyl (C=O) groups excluding carboxylic acids is 1. The number of nitrogens with one attached hydrogen (secondary N) is 1. The summed E-state index contributed by atoms with van der Waals surface area (Å²) in [5.41, 5.74) is 0.758. The zero-order valence-corrected chi connectivity index (χ0v) is 17.7. The van der Waals surface area contributed by atoms with Crippen LogP contribution in [0.3, 0.4) is 0 Å². The van der Waals surface area contributed by atoms with E-state index in [0.29, 0.717) is 24.8 Å². The van der Waals surface area contributed by atoms with Crippen molar-refractivity contribution in [3.05, 3.63) is 36.2 Å². The number of nitrogens with zero attached hydrogens (tertiary/aromatic N) is 4. The third-order valence-electron chi connectivity index (χ3n) is 4.67. The normalized spacial score (nSPS) is 18.1. The Morgan fingerprint density at radius 1 is 1.29 bits per heavy atom. The zero-order valence-electron chi connectivity index (χ0n) is 16.0. The van der Waals surface area contributed by atoms with Crippen LogP contribution in [0.5, 0.6) is 0 Å². The van der Waals surface area contributed by atoms with Crippen molar-refractivity contribution in [3.63, 3.8) is 0 Å². The average Bonchev–Trinajstić information content (AvgIpc) is 3.09. The Morgan fingerprint density at radius 2 is 2.04 bits per heavy atom. The molecule has 1 unspecified atom stereocenters. The monoisotopic (exact) mass is 423 g/mol. The summed E-state index contributed by atoms with van der Waals surface area (Å²) in [5, 5.41) is 12.1. The number of anilines is 1. The molecule has 1 amide bonds. The van der Waals surface area contributed by atoms with Gasteiger partial charge in [-0.15, -0.1) is 10.2 Å². The van der Waals surface area contributed by atoms with Gasteiger partial charge in [0.05, 0.1) is 12.0 Å². The number of amides is 1. The van der Waals surface area contributed by atoms with E-state index < -0.39 is 10.0 Å². The van der Waals surface area contributed by atoms with Gasteiger partial charge in [0, 0.05) is 31.2 Å². The fourth-order valence-electron chi connectivity index (χ4n) is 3.31. The number of hydrogen-bond donors (Lipinski definition) is 1. The molecule has 0 spiro atoms. The second kappa shape index (κ2) is 9.06. The Bertz CT molecular complexity index is 915. The number of benzene rings is 1. The zero-order chi connectivity index (χ0) is 20.1. The maximum absolute atomic E-state index is 12.2. The van der Waals surface area contributed by atoms with E-state index in [1.807, 2.05) is 41.8 Å². The molecule has 0 aliphatic carbocycles. The lowest BCUT2D eigenvalue weighted by molar-refractivity contribution is -0.113. The maximum atomic E-state index is 12.2. The highest BCUT2D eigenvalue weighted by atomic mass is 32.2. The fraction of sp³-hybridized carbons (Fsp3) is 0.500. The van der Waals surface area contributed by atoms with Crippen LogP contribution >= 0.6 is 11.8 Å². The lowest BCUT2D eigenvalue weighted by atomic mass is 9.99. The molecule has 152 valence electrons. The topological polar surface area (TPSA) is 97.2 Å². The number of aromatic nitrogens is 3. The molecule has 2 heterocycles. The molecule has 1 aromatic carbocycles. The molecule has 1 N–H and O–H groups in total. The predicted molar refractivity (Wildman–Crippen MR) is 110 cm³/mol. The van der Waals surface area contributed by atoms with Gasteiger partial charge in [-0.05, 0) is 31.9 Å². The summed E-state index contributed by atoms with van der Waals surface area (Å²) in [6.07, 6.45) is 2.92. The molecule has 2 aromatic rings. The number of sulfonamides is 1. The van der Waals surface area contributed by atoms with Gasteiger partial charge in [0.2, 0.25) is 15.9 Å². The minimum atomic E-state index is -3.21. The molecule has 10 heteroatoms. The Labute approximate surface area is 169 Å². The summed E-state index contributed by atoms with van der Waals surface area (Å²) < 4.78 is 27.3. The quantitative estimate of drug-likeness (QED) is 0.686. The van der Waals surface area contributed by atoms with Gasteiger partial charge < -0.3 is 9.88 Å². The molecular weight excluding hydrogens is 398 g/mol. The third kappa shape index (κ3) is 5.12. The van der Waals surface area contributed by atoms with Crippen molar-refractivity contribution in [2.75, 3.05) is 30.4 Å². The van der Waals surface area contributed by atoms with Gasteiger partial charge in [0.25, 0.3) is 0 Å². The van der Waals surface area contributed by atoms with Gasteiger partial charge in [0.1, 0.15) is 5.82 Å². The number of thioether (sulfide) groups is 1. The van der Waals surface area contributed by atoms with Crippen molar-refractivity contribution in [2.24, 2.45) is 0 Å². The number of para-hydroxylation sites is 1. The standard InChI is InChI=1S/C18H25N5O3S2/c1-3-23-17(14-8-7-11-22(12-14)28(2,25)26)20-21-18(23)27-13-16(24)19-15-9-5-4-6-10-15/h4-6,9-10,14H,3,7-8,11-13H2,1-2H3,(H,19,24). The van der Waals surface area contributed by atoms with Gasteiger partial charge >= 0.3 is 0 Å². The first-order valence-electron chi connectivity index (χ1n) is 9.24. The molecule has 1 aliphatic rings. The maximum Gasteiger partial charge on any atom is 0.234 e. The molecular formula is C18H25N5O3S2. The van der Waals surface area contributed by atoms with Crippen LogP contribution in [0.1, 0.15) is 31.5 Å². The first-order chi connectivity index (χ1) is 13.4. The highest BCUT2D eigenvalue weighted by Gasteiger charge is 2.30. The van der Waals surface area contributed by atoms with Gasteiger partial charge in [0.15, 0.2) is 5.16 Å². The van der Waals surface area contributed by atoms with Crippen LogP contribution in [-0.2, 0) is 21.4 Å². The smallest absolute Gasteiger partial charge is 0.234 e. The van der Waals surface area contributed by atoms with Crippen LogP contribution < -0.4 is 5.32 Å². The molecule has 0 saturated carbocycles. The molecule has 28 heavy (non-hydrogen) atoms. The van der Waals surface area contributed by atoms with Gasteiger partial charge in [-0.2, -0.15) is 0 Å². The number of piperidine rings is 1. The second-order valence-corrected chi connectivity index (χ2v) is 9.67. The molecule has 1 saturated heterocycles. The Hall–Kier alpha value is -1.91. The third-order valence-corrected chi connectivity index (χ3v) is 6.91. The van der Waals surface area contributed by atoms with E-state index in [1.54, 1.807) is 0 Å². The lowest BCUT2D eigenvalue weighted by Gasteiger charge is -2.30. The minimum Gasteiger partial charge on any atom is -0.325 e. The molecule has 8 nitrogen and oxygen atoms in total. The summed E-state index contributed by atoms with van der Waals surface area (Å²) in [4.78, 5) is 12.2. The number of rotatable bonds is 7. The van der Waals surface area contributed by atoms with Crippen LogP contribution in [0.15, 0.2) is 35.5 Å². The molecule has 1 atom stereocenters. The van der Waals surface area contributed by atoms with E-state index in [4.69, 9.17) is 0 Å². The van der Waals surface area contributed by atoms with Crippen LogP contribution in [-0.4, -0.2) is 58.5 Å². The Kier molecular flexibility index (Phi) is 6.73. The van der Waals surface area contributed by atoms with Gasteiger partial charge in [-0.1, -0.05) is 30.0 Å². The van der Waals surface area contributed by atoms with E-state index in [1.165, 1.54) is 22.3 Å². The molecule has 1 aromatic heterocycles. The van der Waals surface area contributed by atoms with Crippen molar-refractivity contribution in [1.29, 1.82) is 0 Å². The predicted octanol–water partition coefficient (Wildman–Crippen LogP) is 2.17. The van der Waals surface area contributed by atoms with E-state index >= 15 is 0 Å². The number of carbonyl (C=O) groups is 1. The second-order valence-electron chi connectivity index (χ2n) is 6.75. The van der Waals surface area contributed by atoms with Crippen LogP contribution in [0.25, 0.3) is 0 Å². The summed E-state index contributed by atoms with van der Waals surface area (Å²) in [6, 6.07) is 9.31. The highest BCUT2D eigenvalue weighted by molar-refractivity contribution is 7.99. The van der Waals surface area contributed by atoms with Gasteiger partial charge in [-0.3, -0.25) is 4.79 Å². The van der Waals surface area contributed by atoms with E-state index in [9.17, 15) is 13.2 Å². The first kappa shape index (κ1) is 20.8. The first-order valence-corrected chi connectivity index (χ1v) is 12.1. The van der Waals surface area contributed by atoms with Crippen LogP contribution in [0, 0.1) is 0 Å². The Morgan fingerprint density at radius 3 is 2.71 bits per heavy atom. The van der Waals surface area contributed by atoms with E-state index in [2.05, 4.69) is 15.5 Å². The van der Waals surface area contributed by atoms with Crippen molar-refractivity contribution in [3.8, 4) is 0 Å². The van der Waals surface area contributed by atoms with Crippen molar-refractivity contribution < 1.29 is 13.2 Å². The number of hydrogen-bond acceptors (Lipinski definition) is 6. The summed E-state index contributed by atoms with van der Waals surface area (Å²) in [7, 11) is -3.21. The molecule has 1 fully saturated rings. The Balaban J connectivity index is 1.66. The largest absolute Gasteiger partial charge is 0.325 e. The van der Waals surface area contributed by atoms with Crippen LogP contribution in [0.4, 0.5) is 5.69 Å². The summed E-state index contributed by atoms with van der Waals surface area (Å²) in [6.45, 7) is 3.64. The van der Waals surface area contributed by atoms with Crippen molar-refractivity contribution in [2.45, 2.75) is 37.4 Å². The summed E-state index contributed by atoms with van der Waals surface area (Å²) in [5.74, 6) is 0.933. The average molecular weight is 424 g/mol. The molecule has 0 radical (unpaired) electrons. The highest BCUT2D eigenvalue weighted by Crippen LogP contribution is 2.29. The van der Waals surface area contributed by atoms with Crippen molar-refractivity contribution >= 4 is 33.4 Å². The summed E-state index contributed by atoms with van der Waals surface area (Å²) >= 11 is 1.34. The molecule has 3 rings (SSSR count). The van der Waals surface area contributed by atoms with Crippen LogP contribution in [0.2, 0.25) is 0 Å². The SMILES string of the molecule is CCn1c(SCC(=O)Nc2ccccc2)nnc1C1CCCN(S(C)(=O)=O)C1. The van der Waals surface area contributed by atoms with Gasteiger partial charge in [-0.25, -0.2) is 12.7 Å².